The molecule has 2 N–H and O–H groups in total. The molecule has 1 aliphatic carbocycles. The molecule has 1 saturated carbocycles. The van der Waals surface area contributed by atoms with Crippen molar-refractivity contribution in [3.05, 3.63) is 30.1 Å². The summed E-state index contributed by atoms with van der Waals surface area (Å²) in [6.45, 7) is 2.65. The van der Waals surface area contributed by atoms with Crippen molar-refractivity contribution in [1.29, 1.82) is 0 Å². The van der Waals surface area contributed by atoms with Crippen LogP contribution in [-0.4, -0.2) is 54.4 Å². The van der Waals surface area contributed by atoms with Crippen molar-refractivity contribution in [2.24, 2.45) is 11.1 Å². The lowest BCUT2D eigenvalue weighted by atomic mass is 9.67. The highest BCUT2D eigenvalue weighted by atomic mass is 16.2. The van der Waals surface area contributed by atoms with Crippen LogP contribution < -0.4 is 5.73 Å². The smallest absolute Gasteiger partial charge is 0.230 e. The molecule has 0 spiro atoms. The van der Waals surface area contributed by atoms with Crippen molar-refractivity contribution < 1.29 is 4.79 Å². The molecule has 0 radical (unpaired) electrons. The number of nitrogens with zero attached hydrogens (tertiary/aromatic N) is 3. The van der Waals surface area contributed by atoms with Crippen molar-refractivity contribution in [3.8, 4) is 0 Å². The minimum absolute atomic E-state index is 0.210. The fourth-order valence-corrected chi connectivity index (χ4v) is 2.73. The topological polar surface area (TPSA) is 62.5 Å². The summed E-state index contributed by atoms with van der Waals surface area (Å²) in [5.74, 6) is 0.210. The van der Waals surface area contributed by atoms with E-state index in [4.69, 9.17) is 5.73 Å². The molecule has 1 aliphatic rings. The normalized spacial score (nSPS) is 16.6. The number of carbonyl (C=O) groups excluding carboxylic acids is 1. The number of aromatic nitrogens is 1. The average Bonchev–Trinajstić information content (AvgIpc) is 2.43. The molecule has 1 fully saturated rings. The number of likely N-dealkylation sites (N-methyl/N-ethyl adjacent to an activating group) is 1. The Balaban J connectivity index is 2.09. The summed E-state index contributed by atoms with van der Waals surface area (Å²) in [5.41, 5.74) is 6.64. The molecule has 21 heavy (non-hydrogen) atoms. The Kier molecular flexibility index (Phi) is 5.31. The van der Waals surface area contributed by atoms with Gasteiger partial charge in [-0.05, 0) is 38.6 Å². The standard InChI is InChI=1S/C16H26N4O/c1-19(2)9-10-20(12-14-5-3-8-18-11-14)15(21)16(13-17)6-4-7-16/h3,5,8,11H,4,6-7,9-10,12-13,17H2,1-2H3. The van der Waals surface area contributed by atoms with Gasteiger partial charge in [-0.25, -0.2) is 0 Å². The number of amides is 1. The Hall–Kier alpha value is -1.46. The molecule has 1 aromatic heterocycles. The van der Waals surface area contributed by atoms with Crippen LogP contribution in [0.4, 0.5) is 0 Å². The van der Waals surface area contributed by atoms with Gasteiger partial charge in [0.05, 0.1) is 5.41 Å². The van der Waals surface area contributed by atoms with E-state index in [9.17, 15) is 4.79 Å². The van der Waals surface area contributed by atoms with Gasteiger partial charge in [-0.15, -0.1) is 0 Å². The molecular weight excluding hydrogens is 264 g/mol. The van der Waals surface area contributed by atoms with Gasteiger partial charge >= 0.3 is 0 Å². The van der Waals surface area contributed by atoms with Crippen molar-refractivity contribution in [1.82, 2.24) is 14.8 Å². The molecule has 0 bridgehead atoms. The molecule has 1 heterocycles. The third-order valence-electron chi connectivity index (χ3n) is 4.36. The Morgan fingerprint density at radius 1 is 1.38 bits per heavy atom. The number of hydrogen-bond acceptors (Lipinski definition) is 4. The Morgan fingerprint density at radius 2 is 2.14 bits per heavy atom. The number of hydrogen-bond donors (Lipinski definition) is 1. The predicted octanol–water partition coefficient (Wildman–Crippen LogP) is 1.10. The van der Waals surface area contributed by atoms with E-state index in [-0.39, 0.29) is 11.3 Å². The van der Waals surface area contributed by atoms with E-state index < -0.39 is 0 Å². The van der Waals surface area contributed by atoms with E-state index >= 15 is 0 Å². The van der Waals surface area contributed by atoms with Crippen molar-refractivity contribution >= 4 is 5.91 Å². The summed E-state index contributed by atoms with van der Waals surface area (Å²) in [6.07, 6.45) is 6.54. The van der Waals surface area contributed by atoms with E-state index in [1.54, 1.807) is 6.20 Å². The zero-order valence-electron chi connectivity index (χ0n) is 13.1. The summed E-state index contributed by atoms with van der Waals surface area (Å²) in [6, 6.07) is 3.92. The van der Waals surface area contributed by atoms with Crippen LogP contribution in [0.15, 0.2) is 24.5 Å². The largest absolute Gasteiger partial charge is 0.337 e. The van der Waals surface area contributed by atoms with E-state index in [1.165, 1.54) is 0 Å². The average molecular weight is 290 g/mol. The molecule has 5 nitrogen and oxygen atoms in total. The van der Waals surface area contributed by atoms with E-state index in [1.807, 2.05) is 37.3 Å². The maximum atomic E-state index is 12.9. The maximum absolute atomic E-state index is 12.9. The number of pyridine rings is 1. The van der Waals surface area contributed by atoms with Crippen LogP contribution in [0.1, 0.15) is 24.8 Å². The van der Waals surface area contributed by atoms with Crippen molar-refractivity contribution in [2.45, 2.75) is 25.8 Å². The molecular formula is C16H26N4O. The van der Waals surface area contributed by atoms with E-state index in [0.29, 0.717) is 13.1 Å². The third-order valence-corrected chi connectivity index (χ3v) is 4.36. The van der Waals surface area contributed by atoms with E-state index in [2.05, 4.69) is 9.88 Å². The van der Waals surface area contributed by atoms with Crippen LogP contribution >= 0.6 is 0 Å². The molecule has 1 amide bonds. The van der Waals surface area contributed by atoms with Gasteiger partial charge in [-0.3, -0.25) is 9.78 Å². The van der Waals surface area contributed by atoms with Gasteiger partial charge in [-0.2, -0.15) is 0 Å². The lowest BCUT2D eigenvalue weighted by Gasteiger charge is -2.43. The third kappa shape index (κ3) is 3.80. The molecule has 116 valence electrons. The zero-order valence-corrected chi connectivity index (χ0v) is 13.1. The van der Waals surface area contributed by atoms with Gasteiger partial charge in [0, 0.05) is 38.6 Å². The summed E-state index contributed by atoms with van der Waals surface area (Å²) in [4.78, 5) is 21.1. The second-order valence-corrected chi connectivity index (χ2v) is 6.23. The quantitative estimate of drug-likeness (QED) is 0.817. The highest BCUT2D eigenvalue weighted by molar-refractivity contribution is 5.84. The molecule has 0 aromatic carbocycles. The first-order valence-corrected chi connectivity index (χ1v) is 7.60. The molecule has 0 aliphatic heterocycles. The van der Waals surface area contributed by atoms with Gasteiger partial charge in [0.1, 0.15) is 0 Å². The Labute approximate surface area is 127 Å². The monoisotopic (exact) mass is 290 g/mol. The highest BCUT2D eigenvalue weighted by Gasteiger charge is 2.44. The lowest BCUT2D eigenvalue weighted by molar-refractivity contribution is -0.147. The van der Waals surface area contributed by atoms with E-state index in [0.717, 1.165) is 37.9 Å². The second kappa shape index (κ2) is 7.00. The van der Waals surface area contributed by atoms with Crippen LogP contribution in [-0.2, 0) is 11.3 Å². The zero-order chi connectivity index (χ0) is 15.3. The fraction of sp³-hybridized carbons (Fsp3) is 0.625. The second-order valence-electron chi connectivity index (χ2n) is 6.23. The molecule has 0 unspecified atom stereocenters. The van der Waals surface area contributed by atoms with Crippen LogP contribution in [0.5, 0.6) is 0 Å². The minimum atomic E-state index is -0.311. The summed E-state index contributed by atoms with van der Waals surface area (Å²) in [5, 5.41) is 0. The number of nitrogens with two attached hydrogens (primary N) is 1. The number of carbonyl (C=O) groups is 1. The number of rotatable bonds is 7. The predicted molar refractivity (Wildman–Crippen MR) is 83.5 cm³/mol. The summed E-state index contributed by atoms with van der Waals surface area (Å²) in [7, 11) is 4.05. The summed E-state index contributed by atoms with van der Waals surface area (Å²) < 4.78 is 0. The van der Waals surface area contributed by atoms with Gasteiger partial charge in [-0.1, -0.05) is 12.5 Å². The van der Waals surface area contributed by atoms with Crippen molar-refractivity contribution in [2.75, 3.05) is 33.7 Å². The Morgan fingerprint density at radius 3 is 2.62 bits per heavy atom. The molecule has 0 saturated heterocycles. The lowest BCUT2D eigenvalue weighted by Crippen LogP contribution is -2.52. The first kappa shape index (κ1) is 15.9. The molecule has 2 rings (SSSR count). The first-order chi connectivity index (χ1) is 10.1. The van der Waals surface area contributed by atoms with Crippen LogP contribution in [0.3, 0.4) is 0 Å². The summed E-state index contributed by atoms with van der Waals surface area (Å²) >= 11 is 0. The van der Waals surface area contributed by atoms with Crippen LogP contribution in [0, 0.1) is 5.41 Å². The van der Waals surface area contributed by atoms with Gasteiger partial charge in [0.25, 0.3) is 0 Å². The molecule has 1 aromatic rings. The highest BCUT2D eigenvalue weighted by Crippen LogP contribution is 2.41. The van der Waals surface area contributed by atoms with Crippen LogP contribution in [0.2, 0.25) is 0 Å². The SMILES string of the molecule is CN(C)CCN(Cc1cccnc1)C(=O)C1(CN)CCC1. The minimum Gasteiger partial charge on any atom is -0.337 e. The molecule has 0 atom stereocenters. The van der Waals surface area contributed by atoms with Gasteiger partial charge in [0.2, 0.25) is 5.91 Å². The maximum Gasteiger partial charge on any atom is 0.230 e. The van der Waals surface area contributed by atoms with Crippen molar-refractivity contribution in [3.63, 3.8) is 0 Å². The first-order valence-electron chi connectivity index (χ1n) is 7.60. The van der Waals surface area contributed by atoms with Gasteiger partial charge in [0.15, 0.2) is 0 Å². The molecule has 5 heteroatoms. The Bertz CT molecular complexity index is 451. The van der Waals surface area contributed by atoms with Gasteiger partial charge < -0.3 is 15.5 Å². The fourth-order valence-electron chi connectivity index (χ4n) is 2.73. The van der Waals surface area contributed by atoms with Crippen LogP contribution in [0.25, 0.3) is 0 Å².